The molecule has 3 N–H and O–H groups in total. The molecule has 0 spiro atoms. The number of halogens is 2. The summed E-state index contributed by atoms with van der Waals surface area (Å²) in [6.45, 7) is 0. The minimum Gasteiger partial charge on any atom is -0.480 e. The molecule has 0 fully saturated rings. The number of rotatable bonds is 8. The zero-order valence-corrected chi connectivity index (χ0v) is 20.7. The fourth-order valence-corrected chi connectivity index (χ4v) is 5.14. The minimum absolute atomic E-state index is 0.0367. The van der Waals surface area contributed by atoms with Crippen molar-refractivity contribution in [1.82, 2.24) is 15.3 Å². The van der Waals surface area contributed by atoms with Crippen molar-refractivity contribution in [1.29, 1.82) is 0 Å². The molecule has 1 aromatic heterocycles. The number of aliphatic carboxylic acids is 1. The number of anilines is 1. The van der Waals surface area contributed by atoms with Gasteiger partial charge in [-0.3, -0.25) is 19.5 Å². The van der Waals surface area contributed by atoms with E-state index < -0.39 is 27.9 Å². The fourth-order valence-electron chi connectivity index (χ4n) is 3.52. The van der Waals surface area contributed by atoms with E-state index in [9.17, 15) is 23.1 Å². The second-order valence-corrected chi connectivity index (χ2v) is 10.2. The van der Waals surface area contributed by atoms with Crippen molar-refractivity contribution in [2.75, 3.05) is 4.72 Å². The third kappa shape index (κ3) is 5.73. The van der Waals surface area contributed by atoms with E-state index in [0.717, 1.165) is 0 Å². The van der Waals surface area contributed by atoms with Crippen LogP contribution in [-0.2, 0) is 21.2 Å². The lowest BCUT2D eigenvalue weighted by Gasteiger charge is -2.17. The number of hydrogen-bond acceptors (Lipinski definition) is 6. The highest BCUT2D eigenvalue weighted by atomic mass is 35.5. The molecule has 0 aliphatic heterocycles. The van der Waals surface area contributed by atoms with Crippen LogP contribution in [0.5, 0.6) is 0 Å². The highest BCUT2D eigenvalue weighted by molar-refractivity contribution is 7.93. The van der Waals surface area contributed by atoms with Crippen LogP contribution in [0.25, 0.3) is 11.0 Å². The molecule has 184 valence electrons. The first-order valence-electron chi connectivity index (χ1n) is 10.4. The maximum atomic E-state index is 13.2. The van der Waals surface area contributed by atoms with Gasteiger partial charge in [-0.15, -0.1) is 0 Å². The number of nitrogens with one attached hydrogen (secondary N) is 2. The zero-order chi connectivity index (χ0) is 25.9. The van der Waals surface area contributed by atoms with Gasteiger partial charge in [-0.1, -0.05) is 41.4 Å². The Kier molecular flexibility index (Phi) is 7.39. The summed E-state index contributed by atoms with van der Waals surface area (Å²) < 4.78 is 28.9. The number of carboxylic acids is 1. The molecule has 1 atom stereocenters. The first-order valence-corrected chi connectivity index (χ1v) is 12.7. The number of carbonyl (C=O) groups is 2. The molecule has 3 aromatic carbocycles. The Morgan fingerprint density at radius 2 is 1.67 bits per heavy atom. The number of carboxylic acid groups (broad SMARTS) is 1. The highest BCUT2D eigenvalue weighted by Gasteiger charge is 2.25. The van der Waals surface area contributed by atoms with Gasteiger partial charge < -0.3 is 10.4 Å². The molecule has 9 nitrogen and oxygen atoms in total. The summed E-state index contributed by atoms with van der Waals surface area (Å²) in [5.74, 6) is -2.08. The number of hydrogen-bond donors (Lipinski definition) is 3. The van der Waals surface area contributed by atoms with Crippen molar-refractivity contribution in [3.8, 4) is 0 Å². The second-order valence-electron chi connectivity index (χ2n) is 7.67. The topological polar surface area (TPSA) is 138 Å². The van der Waals surface area contributed by atoms with Gasteiger partial charge >= 0.3 is 5.97 Å². The molecule has 0 aliphatic carbocycles. The standard InChI is InChI=1S/C24H18Cl2N4O5S/c25-15-4-1-3-14(11-15)12-20(24(32)33)29-23(31)17-8-7-16(26)13-19(17)30-36(34,35)21-6-2-5-18-22(21)28-10-9-27-18/h1-11,13,20,30H,12H2,(H,29,31)(H,32,33)/t20-/m0/s1. The summed E-state index contributed by atoms with van der Waals surface area (Å²) in [6, 6.07) is 13.7. The Morgan fingerprint density at radius 3 is 2.42 bits per heavy atom. The van der Waals surface area contributed by atoms with Crippen LogP contribution in [0.15, 0.2) is 78.0 Å². The SMILES string of the molecule is O=C(N[C@@H](Cc1cccc(Cl)c1)C(=O)O)c1ccc(Cl)cc1NS(=O)(=O)c1cccc2nccnc12. The minimum atomic E-state index is -4.23. The predicted molar refractivity (Wildman–Crippen MR) is 136 cm³/mol. The second kappa shape index (κ2) is 10.5. The van der Waals surface area contributed by atoms with E-state index >= 15 is 0 Å². The summed E-state index contributed by atoms with van der Waals surface area (Å²) in [6.07, 6.45) is 2.77. The number of aromatic nitrogens is 2. The molecule has 0 saturated heterocycles. The Labute approximate surface area is 216 Å². The molecule has 0 saturated carbocycles. The van der Waals surface area contributed by atoms with E-state index in [1.165, 1.54) is 42.7 Å². The van der Waals surface area contributed by atoms with Crippen LogP contribution in [-0.4, -0.2) is 41.4 Å². The number of nitrogens with zero attached hydrogens (tertiary/aromatic N) is 2. The van der Waals surface area contributed by atoms with Crippen LogP contribution in [0.4, 0.5) is 5.69 Å². The molecule has 1 heterocycles. The van der Waals surface area contributed by atoms with Gasteiger partial charge in [-0.2, -0.15) is 0 Å². The van der Waals surface area contributed by atoms with Gasteiger partial charge in [0.25, 0.3) is 15.9 Å². The van der Waals surface area contributed by atoms with Gasteiger partial charge in [0, 0.05) is 28.9 Å². The number of para-hydroxylation sites is 1. The summed E-state index contributed by atoms with van der Waals surface area (Å²) >= 11 is 12.0. The molecule has 36 heavy (non-hydrogen) atoms. The number of fused-ring (bicyclic) bond motifs is 1. The quantitative estimate of drug-likeness (QED) is 0.302. The molecular formula is C24H18Cl2N4O5S. The molecule has 0 bridgehead atoms. The van der Waals surface area contributed by atoms with E-state index in [4.69, 9.17) is 23.2 Å². The average molecular weight is 545 g/mol. The summed E-state index contributed by atoms with van der Waals surface area (Å²) in [7, 11) is -4.23. The Morgan fingerprint density at radius 1 is 0.944 bits per heavy atom. The van der Waals surface area contributed by atoms with Gasteiger partial charge in [0.1, 0.15) is 16.5 Å². The third-order valence-electron chi connectivity index (χ3n) is 5.15. The zero-order valence-electron chi connectivity index (χ0n) is 18.4. The molecule has 1 amide bonds. The number of benzene rings is 3. The lowest BCUT2D eigenvalue weighted by Crippen LogP contribution is -2.42. The average Bonchev–Trinajstić information content (AvgIpc) is 2.83. The molecule has 0 radical (unpaired) electrons. The van der Waals surface area contributed by atoms with Gasteiger partial charge in [0.2, 0.25) is 0 Å². The van der Waals surface area contributed by atoms with Gasteiger partial charge in [-0.05, 0) is 48.0 Å². The lowest BCUT2D eigenvalue weighted by molar-refractivity contribution is -0.139. The van der Waals surface area contributed by atoms with E-state index in [2.05, 4.69) is 20.0 Å². The Hall–Kier alpha value is -3.73. The van der Waals surface area contributed by atoms with Crippen LogP contribution in [0.1, 0.15) is 15.9 Å². The first-order chi connectivity index (χ1) is 17.1. The largest absolute Gasteiger partial charge is 0.480 e. The summed E-state index contributed by atoms with van der Waals surface area (Å²) in [5, 5.41) is 12.7. The van der Waals surface area contributed by atoms with Gasteiger partial charge in [0.15, 0.2) is 0 Å². The van der Waals surface area contributed by atoms with E-state index in [-0.39, 0.29) is 33.1 Å². The maximum Gasteiger partial charge on any atom is 0.326 e. The maximum absolute atomic E-state index is 13.2. The number of carbonyl (C=O) groups excluding carboxylic acids is 1. The van der Waals surface area contributed by atoms with E-state index in [0.29, 0.717) is 16.1 Å². The van der Waals surface area contributed by atoms with Crippen molar-refractivity contribution in [3.63, 3.8) is 0 Å². The Bertz CT molecular complexity index is 1570. The van der Waals surface area contributed by atoms with Crippen LogP contribution in [0, 0.1) is 0 Å². The summed E-state index contributed by atoms with van der Waals surface area (Å²) in [4.78, 5) is 33.0. The van der Waals surface area contributed by atoms with Crippen LogP contribution >= 0.6 is 23.2 Å². The van der Waals surface area contributed by atoms with E-state index in [1.54, 1.807) is 30.3 Å². The van der Waals surface area contributed by atoms with Crippen molar-refractivity contribution >= 4 is 61.8 Å². The number of sulfonamides is 1. The normalized spacial score (nSPS) is 12.2. The van der Waals surface area contributed by atoms with Gasteiger partial charge in [0.05, 0.1) is 16.8 Å². The van der Waals surface area contributed by atoms with Crippen molar-refractivity contribution < 1.29 is 23.1 Å². The Balaban J connectivity index is 1.64. The molecule has 4 rings (SSSR count). The van der Waals surface area contributed by atoms with Crippen molar-refractivity contribution in [2.24, 2.45) is 0 Å². The van der Waals surface area contributed by atoms with E-state index in [1.807, 2.05) is 0 Å². The molecule has 4 aromatic rings. The van der Waals surface area contributed by atoms with Crippen molar-refractivity contribution in [3.05, 3.63) is 94.2 Å². The molecule has 0 aliphatic rings. The summed E-state index contributed by atoms with van der Waals surface area (Å²) in [5.41, 5.74) is 0.867. The van der Waals surface area contributed by atoms with Crippen LogP contribution < -0.4 is 10.0 Å². The number of amides is 1. The smallest absolute Gasteiger partial charge is 0.326 e. The molecular weight excluding hydrogens is 527 g/mol. The highest BCUT2D eigenvalue weighted by Crippen LogP contribution is 2.27. The van der Waals surface area contributed by atoms with Crippen LogP contribution in [0.2, 0.25) is 10.0 Å². The first kappa shape index (κ1) is 25.4. The molecule has 12 heteroatoms. The van der Waals surface area contributed by atoms with Gasteiger partial charge in [-0.25, -0.2) is 13.2 Å². The fraction of sp³-hybridized carbons (Fsp3) is 0.0833. The monoisotopic (exact) mass is 544 g/mol. The van der Waals surface area contributed by atoms with Crippen LogP contribution in [0.3, 0.4) is 0 Å². The third-order valence-corrected chi connectivity index (χ3v) is 7.02. The lowest BCUT2D eigenvalue weighted by atomic mass is 10.1. The molecule has 0 unspecified atom stereocenters. The van der Waals surface area contributed by atoms with Crippen molar-refractivity contribution in [2.45, 2.75) is 17.4 Å². The predicted octanol–water partition coefficient (Wildman–Crippen LogP) is 4.16.